The first-order valence-electron chi connectivity index (χ1n) is 6.45. The molecule has 0 atom stereocenters. The average Bonchev–Trinajstić information content (AvgIpc) is 2.37. The van der Waals surface area contributed by atoms with E-state index in [1.807, 2.05) is 24.3 Å². The van der Waals surface area contributed by atoms with Crippen molar-refractivity contribution in [2.24, 2.45) is 0 Å². The molecule has 3 nitrogen and oxygen atoms in total. The fourth-order valence-electron chi connectivity index (χ4n) is 1.62. The van der Waals surface area contributed by atoms with Gasteiger partial charge in [-0.3, -0.25) is 4.79 Å². The number of hydrogen-bond donors (Lipinski definition) is 2. The number of hydrogen-bond acceptors (Lipinski definition) is 2. The smallest absolute Gasteiger partial charge is 0.233 e. The van der Waals surface area contributed by atoms with Crippen LogP contribution in [0.1, 0.15) is 31.7 Å². The van der Waals surface area contributed by atoms with Gasteiger partial charge in [-0.15, -0.1) is 0 Å². The van der Waals surface area contributed by atoms with Crippen molar-refractivity contribution in [2.75, 3.05) is 13.1 Å². The maximum absolute atomic E-state index is 11.5. The largest absolute Gasteiger partial charge is 0.355 e. The summed E-state index contributed by atoms with van der Waals surface area (Å²) in [4.78, 5) is 11.5. The lowest BCUT2D eigenvalue weighted by atomic mass is 10.2. The van der Waals surface area contributed by atoms with E-state index in [-0.39, 0.29) is 5.91 Å². The van der Waals surface area contributed by atoms with E-state index in [1.54, 1.807) is 0 Å². The minimum absolute atomic E-state index is 0.0400. The fourth-order valence-corrected chi connectivity index (χ4v) is 1.82. The second kappa shape index (κ2) is 8.95. The predicted octanol–water partition coefficient (Wildman–Crippen LogP) is 2.74. The van der Waals surface area contributed by atoms with Gasteiger partial charge in [-0.1, -0.05) is 49.6 Å². The summed E-state index contributed by atoms with van der Waals surface area (Å²) in [5, 5.41) is 6.70. The van der Waals surface area contributed by atoms with E-state index in [1.165, 1.54) is 6.42 Å². The molecule has 0 unspecified atom stereocenters. The van der Waals surface area contributed by atoms with Crippen LogP contribution in [0.15, 0.2) is 24.3 Å². The minimum atomic E-state index is 0.0400. The second-order valence-electron chi connectivity index (χ2n) is 4.25. The number of carbonyl (C=O) groups excluding carboxylic acids is 1. The molecule has 0 radical (unpaired) electrons. The molecular weight excluding hydrogens is 248 g/mol. The van der Waals surface area contributed by atoms with Gasteiger partial charge in [-0.05, 0) is 18.1 Å². The molecule has 0 heterocycles. The molecule has 18 heavy (non-hydrogen) atoms. The number of halogens is 1. The average molecular weight is 269 g/mol. The molecule has 100 valence electrons. The normalized spacial score (nSPS) is 10.3. The van der Waals surface area contributed by atoms with E-state index in [4.69, 9.17) is 11.6 Å². The Morgan fingerprint density at radius 3 is 2.78 bits per heavy atom. The van der Waals surface area contributed by atoms with Gasteiger partial charge in [0.25, 0.3) is 0 Å². The number of rotatable bonds is 8. The number of amides is 1. The molecule has 0 saturated carbocycles. The van der Waals surface area contributed by atoms with Crippen molar-refractivity contribution in [1.82, 2.24) is 10.6 Å². The maximum atomic E-state index is 11.5. The van der Waals surface area contributed by atoms with Gasteiger partial charge < -0.3 is 10.6 Å². The van der Waals surface area contributed by atoms with Crippen LogP contribution in [-0.2, 0) is 11.3 Å². The number of unbranched alkanes of at least 4 members (excludes halogenated alkanes) is 2. The van der Waals surface area contributed by atoms with Gasteiger partial charge in [-0.25, -0.2) is 0 Å². The van der Waals surface area contributed by atoms with Gasteiger partial charge in [0.15, 0.2) is 0 Å². The van der Waals surface area contributed by atoms with Gasteiger partial charge in [0.1, 0.15) is 0 Å². The third-order valence-corrected chi connectivity index (χ3v) is 3.03. The molecule has 0 aliphatic carbocycles. The summed E-state index contributed by atoms with van der Waals surface area (Å²) in [6, 6.07) is 7.64. The first-order valence-corrected chi connectivity index (χ1v) is 6.82. The summed E-state index contributed by atoms with van der Waals surface area (Å²) < 4.78 is 0. The van der Waals surface area contributed by atoms with Crippen LogP contribution in [0.3, 0.4) is 0 Å². The summed E-state index contributed by atoms with van der Waals surface area (Å²) >= 11 is 6.02. The van der Waals surface area contributed by atoms with E-state index in [2.05, 4.69) is 17.6 Å². The van der Waals surface area contributed by atoms with E-state index in [9.17, 15) is 4.79 Å². The van der Waals surface area contributed by atoms with E-state index >= 15 is 0 Å². The highest BCUT2D eigenvalue weighted by atomic mass is 35.5. The zero-order valence-corrected chi connectivity index (χ0v) is 11.6. The topological polar surface area (TPSA) is 41.1 Å². The molecule has 0 aromatic heterocycles. The Bertz CT molecular complexity index is 369. The Labute approximate surface area is 114 Å². The Balaban J connectivity index is 2.14. The van der Waals surface area contributed by atoms with Crippen LogP contribution in [0.25, 0.3) is 0 Å². The first kappa shape index (κ1) is 15.0. The van der Waals surface area contributed by atoms with Crippen LogP contribution < -0.4 is 10.6 Å². The van der Waals surface area contributed by atoms with Gasteiger partial charge >= 0.3 is 0 Å². The molecule has 0 spiro atoms. The summed E-state index contributed by atoms with van der Waals surface area (Å²) in [6.07, 6.45) is 3.38. The molecule has 1 rings (SSSR count). The lowest BCUT2D eigenvalue weighted by Crippen LogP contribution is -2.34. The van der Waals surface area contributed by atoms with Crippen LogP contribution >= 0.6 is 11.6 Å². The van der Waals surface area contributed by atoms with Crippen LogP contribution in [0.5, 0.6) is 0 Å². The van der Waals surface area contributed by atoms with Crippen molar-refractivity contribution in [2.45, 2.75) is 32.7 Å². The Morgan fingerprint density at radius 1 is 1.28 bits per heavy atom. The van der Waals surface area contributed by atoms with Gasteiger partial charge in [0, 0.05) is 18.1 Å². The zero-order valence-electron chi connectivity index (χ0n) is 10.8. The molecule has 2 N–H and O–H groups in total. The lowest BCUT2D eigenvalue weighted by molar-refractivity contribution is -0.120. The molecule has 0 fully saturated rings. The highest BCUT2D eigenvalue weighted by Gasteiger charge is 2.01. The second-order valence-corrected chi connectivity index (χ2v) is 4.66. The summed E-state index contributed by atoms with van der Waals surface area (Å²) in [5.41, 5.74) is 1.01. The SMILES string of the molecule is CCCCCNC(=O)CNCc1ccccc1Cl. The standard InChI is InChI=1S/C14H21ClN2O/c1-2-3-6-9-17-14(18)11-16-10-12-7-4-5-8-13(12)15/h4-5,7-8,16H,2-3,6,9-11H2,1H3,(H,17,18). The number of nitrogens with one attached hydrogen (secondary N) is 2. The quantitative estimate of drug-likeness (QED) is 0.712. The summed E-state index contributed by atoms with van der Waals surface area (Å²) in [6.45, 7) is 3.85. The van der Waals surface area contributed by atoms with Crippen molar-refractivity contribution in [1.29, 1.82) is 0 Å². The highest BCUT2D eigenvalue weighted by molar-refractivity contribution is 6.31. The summed E-state index contributed by atoms with van der Waals surface area (Å²) in [7, 11) is 0. The van der Waals surface area contributed by atoms with Crippen LogP contribution in [0.2, 0.25) is 5.02 Å². The van der Waals surface area contributed by atoms with Crippen molar-refractivity contribution < 1.29 is 4.79 Å². The van der Waals surface area contributed by atoms with Crippen molar-refractivity contribution in [3.63, 3.8) is 0 Å². The van der Waals surface area contributed by atoms with Crippen molar-refractivity contribution >= 4 is 17.5 Å². The Kier molecular flexibility index (Phi) is 7.46. The zero-order chi connectivity index (χ0) is 13.2. The maximum Gasteiger partial charge on any atom is 0.233 e. The molecular formula is C14H21ClN2O. The third kappa shape index (κ3) is 6.03. The van der Waals surface area contributed by atoms with E-state index < -0.39 is 0 Å². The van der Waals surface area contributed by atoms with Gasteiger partial charge in [-0.2, -0.15) is 0 Å². The molecule has 0 aliphatic heterocycles. The van der Waals surface area contributed by atoms with Crippen LogP contribution in [-0.4, -0.2) is 19.0 Å². The van der Waals surface area contributed by atoms with Crippen LogP contribution in [0, 0.1) is 0 Å². The van der Waals surface area contributed by atoms with Crippen molar-refractivity contribution in [3.8, 4) is 0 Å². The molecule has 1 aromatic carbocycles. The molecule has 1 amide bonds. The lowest BCUT2D eigenvalue weighted by Gasteiger charge is -2.07. The predicted molar refractivity (Wildman–Crippen MR) is 75.7 cm³/mol. The van der Waals surface area contributed by atoms with E-state index in [0.29, 0.717) is 13.1 Å². The molecule has 4 heteroatoms. The third-order valence-electron chi connectivity index (χ3n) is 2.66. The minimum Gasteiger partial charge on any atom is -0.355 e. The van der Waals surface area contributed by atoms with Crippen molar-refractivity contribution in [3.05, 3.63) is 34.9 Å². The summed E-state index contributed by atoms with van der Waals surface area (Å²) in [5.74, 6) is 0.0400. The molecule has 1 aromatic rings. The fraction of sp³-hybridized carbons (Fsp3) is 0.500. The van der Waals surface area contributed by atoms with Crippen LogP contribution in [0.4, 0.5) is 0 Å². The molecule has 0 aliphatic rings. The monoisotopic (exact) mass is 268 g/mol. The number of carbonyl (C=O) groups is 1. The Hall–Kier alpha value is -1.06. The Morgan fingerprint density at radius 2 is 2.06 bits per heavy atom. The highest BCUT2D eigenvalue weighted by Crippen LogP contribution is 2.13. The first-order chi connectivity index (χ1) is 8.74. The molecule has 0 bridgehead atoms. The number of benzene rings is 1. The molecule has 0 saturated heterocycles. The van der Waals surface area contributed by atoms with E-state index in [0.717, 1.165) is 30.0 Å². The van der Waals surface area contributed by atoms with Gasteiger partial charge in [0.2, 0.25) is 5.91 Å². The van der Waals surface area contributed by atoms with Gasteiger partial charge in [0.05, 0.1) is 6.54 Å².